The Bertz CT molecular complexity index is 552. The van der Waals surface area contributed by atoms with Gasteiger partial charge < -0.3 is 4.74 Å². The molecular formula is C17H18O2. The summed E-state index contributed by atoms with van der Waals surface area (Å²) in [6, 6.07) is 9.16. The van der Waals surface area contributed by atoms with Crippen molar-refractivity contribution in [2.75, 3.05) is 0 Å². The second-order valence-corrected chi connectivity index (χ2v) is 5.90. The number of hydrogen-bond acceptors (Lipinski definition) is 2. The van der Waals surface area contributed by atoms with Gasteiger partial charge in [0.15, 0.2) is 0 Å². The van der Waals surface area contributed by atoms with E-state index in [-0.39, 0.29) is 11.4 Å². The van der Waals surface area contributed by atoms with Gasteiger partial charge in [0.05, 0.1) is 5.56 Å². The van der Waals surface area contributed by atoms with Gasteiger partial charge in [-0.1, -0.05) is 44.2 Å². The molecule has 2 heteroatoms. The minimum atomic E-state index is -0.263. The molecule has 0 fully saturated rings. The second kappa shape index (κ2) is 4.37. The van der Waals surface area contributed by atoms with Gasteiger partial charge in [-0.05, 0) is 36.5 Å². The van der Waals surface area contributed by atoms with Gasteiger partial charge in [0.2, 0.25) is 0 Å². The predicted molar refractivity (Wildman–Crippen MR) is 74.5 cm³/mol. The maximum Gasteiger partial charge on any atom is 0.343 e. The van der Waals surface area contributed by atoms with Crippen LogP contribution in [0.3, 0.4) is 0 Å². The average molecular weight is 254 g/mol. The third-order valence-corrected chi connectivity index (χ3v) is 4.26. The van der Waals surface area contributed by atoms with Gasteiger partial charge in [-0.3, -0.25) is 0 Å². The smallest absolute Gasteiger partial charge is 0.343 e. The zero-order chi connectivity index (χ0) is 13.5. The first-order valence-electron chi connectivity index (χ1n) is 6.75. The summed E-state index contributed by atoms with van der Waals surface area (Å²) in [6.07, 6.45) is 7.71. The van der Waals surface area contributed by atoms with Crippen LogP contribution in [0.5, 0.6) is 0 Å². The number of esters is 1. The highest BCUT2D eigenvalue weighted by Crippen LogP contribution is 2.48. The summed E-state index contributed by atoms with van der Waals surface area (Å²) < 4.78 is 5.66. The summed E-state index contributed by atoms with van der Waals surface area (Å²) in [5, 5.41) is 0. The molecule has 1 aromatic rings. The van der Waals surface area contributed by atoms with Crippen LogP contribution in [0.2, 0.25) is 0 Å². The van der Waals surface area contributed by atoms with E-state index in [4.69, 9.17) is 4.74 Å². The summed E-state index contributed by atoms with van der Waals surface area (Å²) >= 11 is 0. The van der Waals surface area contributed by atoms with Crippen molar-refractivity contribution >= 4 is 5.97 Å². The largest absolute Gasteiger partial charge is 0.427 e. The van der Waals surface area contributed by atoms with Crippen molar-refractivity contribution in [2.24, 2.45) is 17.3 Å². The van der Waals surface area contributed by atoms with Crippen molar-refractivity contribution in [3.8, 4) is 0 Å². The van der Waals surface area contributed by atoms with Gasteiger partial charge in [0, 0.05) is 5.41 Å². The Morgan fingerprint density at radius 2 is 1.95 bits per heavy atom. The number of fused-ring (bicyclic) bond motifs is 2. The molecule has 0 heterocycles. The fourth-order valence-electron chi connectivity index (χ4n) is 2.88. The Morgan fingerprint density at radius 1 is 1.21 bits per heavy atom. The molecule has 3 rings (SSSR count). The zero-order valence-electron chi connectivity index (χ0n) is 11.3. The molecule has 19 heavy (non-hydrogen) atoms. The molecule has 0 saturated heterocycles. The molecule has 0 radical (unpaired) electrons. The number of ether oxygens (including phenoxy) is 1. The van der Waals surface area contributed by atoms with E-state index in [1.54, 1.807) is 12.1 Å². The molecule has 0 N–H and O–H groups in total. The molecule has 0 saturated carbocycles. The highest BCUT2D eigenvalue weighted by Gasteiger charge is 2.41. The molecule has 0 spiro atoms. The number of hydrogen-bond donors (Lipinski definition) is 0. The predicted octanol–water partition coefficient (Wildman–Crippen LogP) is 3.96. The van der Waals surface area contributed by atoms with Crippen LogP contribution in [0, 0.1) is 17.3 Å². The third kappa shape index (κ3) is 2.12. The lowest BCUT2D eigenvalue weighted by molar-refractivity contribution is 0.0488. The quantitative estimate of drug-likeness (QED) is 0.590. The fourth-order valence-corrected chi connectivity index (χ4v) is 2.88. The molecule has 98 valence electrons. The normalized spacial score (nSPS) is 26.9. The average Bonchev–Trinajstić information content (AvgIpc) is 2.83. The molecule has 2 bridgehead atoms. The van der Waals surface area contributed by atoms with Crippen LogP contribution < -0.4 is 0 Å². The van der Waals surface area contributed by atoms with E-state index in [9.17, 15) is 4.79 Å². The number of benzene rings is 1. The molecule has 0 aliphatic heterocycles. The molecule has 1 aromatic carbocycles. The summed E-state index contributed by atoms with van der Waals surface area (Å²) in [4.78, 5) is 12.2. The highest BCUT2D eigenvalue weighted by atomic mass is 16.5. The Balaban J connectivity index is 1.82. The first-order chi connectivity index (χ1) is 9.07. The van der Waals surface area contributed by atoms with Gasteiger partial charge in [-0.15, -0.1) is 0 Å². The molecule has 2 nitrogen and oxygen atoms in total. The summed E-state index contributed by atoms with van der Waals surface area (Å²) in [5.41, 5.74) is 0.499. The number of allylic oxidation sites excluding steroid dienone is 4. The van der Waals surface area contributed by atoms with Crippen LogP contribution in [0.1, 0.15) is 30.6 Å². The fraction of sp³-hybridized carbons (Fsp3) is 0.353. The minimum absolute atomic E-state index is 0.103. The highest BCUT2D eigenvalue weighted by molar-refractivity contribution is 5.90. The van der Waals surface area contributed by atoms with E-state index >= 15 is 0 Å². The maximum absolute atomic E-state index is 12.2. The van der Waals surface area contributed by atoms with Crippen LogP contribution in [0.4, 0.5) is 0 Å². The van der Waals surface area contributed by atoms with Gasteiger partial charge in [0.25, 0.3) is 0 Å². The van der Waals surface area contributed by atoms with Gasteiger partial charge in [-0.25, -0.2) is 4.79 Å². The number of rotatable bonds is 2. The van der Waals surface area contributed by atoms with Crippen LogP contribution in [-0.2, 0) is 4.74 Å². The third-order valence-electron chi connectivity index (χ3n) is 4.26. The Kier molecular flexibility index (Phi) is 2.81. The number of carbonyl (C=O) groups is 1. The standard InChI is InChI=1S/C17H18O2/c1-17(2)14-9-8-12(10-14)11-15(17)19-16(18)13-6-4-3-5-7-13/h3-9,11-12,14H,10H2,1-2H3/t12-,14+/m0/s1. The van der Waals surface area contributed by atoms with Crippen molar-refractivity contribution in [1.29, 1.82) is 0 Å². The van der Waals surface area contributed by atoms with Crippen molar-refractivity contribution < 1.29 is 9.53 Å². The first-order valence-corrected chi connectivity index (χ1v) is 6.75. The molecule has 2 atom stereocenters. The summed E-state index contributed by atoms with van der Waals surface area (Å²) in [5.74, 6) is 1.45. The van der Waals surface area contributed by atoms with Crippen LogP contribution in [-0.4, -0.2) is 5.97 Å². The molecule has 2 aliphatic carbocycles. The molecule has 0 amide bonds. The van der Waals surface area contributed by atoms with E-state index in [2.05, 4.69) is 32.1 Å². The van der Waals surface area contributed by atoms with Gasteiger partial charge in [-0.2, -0.15) is 0 Å². The summed E-state index contributed by atoms with van der Waals surface area (Å²) in [7, 11) is 0. The van der Waals surface area contributed by atoms with Crippen LogP contribution >= 0.6 is 0 Å². The van der Waals surface area contributed by atoms with E-state index in [1.165, 1.54) is 0 Å². The molecular weight excluding hydrogens is 236 g/mol. The van der Waals surface area contributed by atoms with Crippen molar-refractivity contribution in [2.45, 2.75) is 20.3 Å². The van der Waals surface area contributed by atoms with E-state index in [0.29, 0.717) is 17.4 Å². The van der Waals surface area contributed by atoms with E-state index < -0.39 is 0 Å². The van der Waals surface area contributed by atoms with Crippen LogP contribution in [0.25, 0.3) is 0 Å². The van der Waals surface area contributed by atoms with E-state index in [0.717, 1.165) is 12.2 Å². The number of carbonyl (C=O) groups excluding carboxylic acids is 1. The molecule has 2 aliphatic rings. The van der Waals surface area contributed by atoms with E-state index in [1.807, 2.05) is 18.2 Å². The monoisotopic (exact) mass is 254 g/mol. The second-order valence-electron chi connectivity index (χ2n) is 5.90. The van der Waals surface area contributed by atoms with Crippen LogP contribution in [0.15, 0.2) is 54.3 Å². The van der Waals surface area contributed by atoms with Gasteiger partial charge in [0.1, 0.15) is 5.76 Å². The minimum Gasteiger partial charge on any atom is -0.427 e. The van der Waals surface area contributed by atoms with Gasteiger partial charge >= 0.3 is 5.97 Å². The van der Waals surface area contributed by atoms with Crippen molar-refractivity contribution in [1.82, 2.24) is 0 Å². The lowest BCUT2D eigenvalue weighted by atomic mass is 9.72. The van der Waals surface area contributed by atoms with Crippen molar-refractivity contribution in [3.05, 3.63) is 59.9 Å². The topological polar surface area (TPSA) is 26.3 Å². The molecule has 0 aromatic heterocycles. The Labute approximate surface area is 113 Å². The SMILES string of the molecule is CC1(C)C(OC(=O)c2ccccc2)=C[C@H]2C=C[C@@H]1C2. The zero-order valence-corrected chi connectivity index (χ0v) is 11.3. The lowest BCUT2D eigenvalue weighted by Gasteiger charge is -2.36. The van der Waals surface area contributed by atoms with Crippen molar-refractivity contribution in [3.63, 3.8) is 0 Å². The lowest BCUT2D eigenvalue weighted by Crippen LogP contribution is -2.30. The Hall–Kier alpha value is -1.83. The Morgan fingerprint density at radius 3 is 2.68 bits per heavy atom. The molecule has 0 unspecified atom stereocenters. The maximum atomic E-state index is 12.2. The summed E-state index contributed by atoms with van der Waals surface area (Å²) in [6.45, 7) is 4.29. The first kappa shape index (κ1) is 12.2.